The van der Waals surface area contributed by atoms with Crippen LogP contribution in [0.25, 0.3) is 0 Å². The Morgan fingerprint density at radius 1 is 0.821 bits per heavy atom. The second-order valence-corrected chi connectivity index (χ2v) is 6.14. The number of carbonyl (C=O) groups is 6. The van der Waals surface area contributed by atoms with E-state index in [1.165, 1.54) is 13.8 Å². The van der Waals surface area contributed by atoms with Gasteiger partial charge in [-0.1, -0.05) is 0 Å². The van der Waals surface area contributed by atoms with Gasteiger partial charge in [-0.3, -0.25) is 28.8 Å². The van der Waals surface area contributed by atoms with Crippen molar-refractivity contribution < 1.29 is 33.9 Å². The number of amides is 5. The third kappa shape index (κ3) is 9.47. The van der Waals surface area contributed by atoms with E-state index in [-0.39, 0.29) is 12.8 Å². The van der Waals surface area contributed by atoms with Gasteiger partial charge in [0.25, 0.3) is 0 Å². The van der Waals surface area contributed by atoms with E-state index >= 15 is 0 Å². The van der Waals surface area contributed by atoms with Crippen molar-refractivity contribution in [2.45, 2.75) is 57.3 Å². The Labute approximate surface area is 160 Å². The number of rotatable bonds is 12. The van der Waals surface area contributed by atoms with E-state index < -0.39 is 66.1 Å². The van der Waals surface area contributed by atoms with Crippen molar-refractivity contribution >= 4 is 35.5 Å². The van der Waals surface area contributed by atoms with Crippen LogP contribution < -0.4 is 33.2 Å². The lowest BCUT2D eigenvalue weighted by Crippen LogP contribution is -2.56. The number of hydrogen-bond acceptors (Lipinski definition) is 7. The van der Waals surface area contributed by atoms with Gasteiger partial charge in [-0.2, -0.15) is 0 Å². The topological polar surface area (TPSA) is 237 Å². The summed E-state index contributed by atoms with van der Waals surface area (Å²) in [6.45, 7) is 2.49. The van der Waals surface area contributed by atoms with Crippen LogP contribution in [0.2, 0.25) is 0 Å². The van der Waals surface area contributed by atoms with Crippen LogP contribution in [0, 0.1) is 0 Å². The minimum absolute atomic E-state index is 0.0186. The maximum Gasteiger partial charge on any atom is 0.325 e. The lowest BCUT2D eigenvalue weighted by atomic mass is 10.1. The second kappa shape index (κ2) is 11.5. The van der Waals surface area contributed by atoms with E-state index in [0.717, 1.165) is 0 Å². The Balaban J connectivity index is 4.89. The molecule has 0 heterocycles. The number of aliphatic carboxylic acids is 1. The van der Waals surface area contributed by atoms with Crippen molar-refractivity contribution in [3.8, 4) is 0 Å². The highest BCUT2D eigenvalue weighted by atomic mass is 16.4. The summed E-state index contributed by atoms with van der Waals surface area (Å²) < 4.78 is 0. The molecule has 0 aliphatic carbocycles. The second-order valence-electron chi connectivity index (χ2n) is 6.14. The molecule has 0 fully saturated rings. The van der Waals surface area contributed by atoms with Gasteiger partial charge in [0.15, 0.2) is 0 Å². The van der Waals surface area contributed by atoms with Crippen LogP contribution in [0.3, 0.4) is 0 Å². The smallest absolute Gasteiger partial charge is 0.325 e. The summed E-state index contributed by atoms with van der Waals surface area (Å²) in [6.07, 6.45) is -0.713. The van der Waals surface area contributed by atoms with Gasteiger partial charge in [0.2, 0.25) is 29.5 Å². The van der Waals surface area contributed by atoms with E-state index in [4.69, 9.17) is 22.3 Å². The summed E-state index contributed by atoms with van der Waals surface area (Å²) in [5, 5.41) is 15.4. The maximum absolute atomic E-state index is 12.2. The van der Waals surface area contributed by atoms with E-state index in [2.05, 4.69) is 16.0 Å². The molecule has 13 nitrogen and oxygen atoms in total. The van der Waals surface area contributed by atoms with Gasteiger partial charge >= 0.3 is 5.97 Å². The highest BCUT2D eigenvalue weighted by molar-refractivity contribution is 5.95. The van der Waals surface area contributed by atoms with Crippen molar-refractivity contribution in [3.05, 3.63) is 0 Å². The molecule has 5 amide bonds. The first-order valence-corrected chi connectivity index (χ1v) is 8.31. The van der Waals surface area contributed by atoms with Crippen LogP contribution in [0.1, 0.15) is 33.1 Å². The first kappa shape index (κ1) is 24.8. The Hall–Kier alpha value is -3.22. The molecule has 13 heteroatoms. The molecule has 4 unspecified atom stereocenters. The highest BCUT2D eigenvalue weighted by Crippen LogP contribution is 1.98. The fourth-order valence-corrected chi connectivity index (χ4v) is 1.90. The number of primary amides is 2. The zero-order valence-electron chi connectivity index (χ0n) is 15.6. The molecule has 0 saturated heterocycles. The molecule has 4 atom stereocenters. The summed E-state index contributed by atoms with van der Waals surface area (Å²) in [4.78, 5) is 68.8. The summed E-state index contributed by atoms with van der Waals surface area (Å²) in [7, 11) is 0. The fraction of sp³-hybridized carbons (Fsp3) is 0.600. The third-order valence-electron chi connectivity index (χ3n) is 3.56. The van der Waals surface area contributed by atoms with Crippen LogP contribution in [0.4, 0.5) is 0 Å². The summed E-state index contributed by atoms with van der Waals surface area (Å²) >= 11 is 0. The SMILES string of the molecule is CC(NC(=O)C(CC(N)=O)NC(=O)C(C)NC(=O)C(N)CCC(N)=O)C(=O)O. The molecule has 0 aromatic carbocycles. The third-order valence-corrected chi connectivity index (χ3v) is 3.56. The minimum atomic E-state index is -1.44. The molecule has 0 aromatic rings. The molecule has 0 radical (unpaired) electrons. The molecule has 0 rings (SSSR count). The van der Waals surface area contributed by atoms with Gasteiger partial charge in [0.05, 0.1) is 12.5 Å². The van der Waals surface area contributed by atoms with E-state index in [9.17, 15) is 28.8 Å². The lowest BCUT2D eigenvalue weighted by molar-refractivity contribution is -0.142. The fourth-order valence-electron chi connectivity index (χ4n) is 1.90. The number of carboxylic acids is 1. The zero-order chi connectivity index (χ0) is 22.0. The van der Waals surface area contributed by atoms with Crippen molar-refractivity contribution in [1.82, 2.24) is 16.0 Å². The normalized spacial score (nSPS) is 14.7. The van der Waals surface area contributed by atoms with Crippen molar-refractivity contribution in [1.29, 1.82) is 0 Å². The molecule has 158 valence electrons. The van der Waals surface area contributed by atoms with Crippen LogP contribution in [-0.2, 0) is 28.8 Å². The highest BCUT2D eigenvalue weighted by Gasteiger charge is 2.28. The summed E-state index contributed by atoms with van der Waals surface area (Å²) in [5.41, 5.74) is 15.6. The lowest BCUT2D eigenvalue weighted by Gasteiger charge is -2.22. The molecule has 0 aromatic heterocycles. The predicted octanol–water partition coefficient (Wildman–Crippen LogP) is -3.97. The van der Waals surface area contributed by atoms with E-state index in [1.807, 2.05) is 0 Å². The predicted molar refractivity (Wildman–Crippen MR) is 95.0 cm³/mol. The average Bonchev–Trinajstić information content (AvgIpc) is 2.57. The standard InChI is InChI=1S/C15H26N6O7/c1-6(19-13(25)8(16)3-4-10(17)22)12(24)21-9(5-11(18)23)14(26)20-7(2)15(27)28/h6-9H,3-5,16H2,1-2H3,(H2,17,22)(H2,18,23)(H,19,25)(H,20,26)(H,21,24)(H,27,28). The zero-order valence-corrected chi connectivity index (χ0v) is 15.6. The summed E-state index contributed by atoms with van der Waals surface area (Å²) in [6, 6.07) is -4.93. The summed E-state index contributed by atoms with van der Waals surface area (Å²) in [5.74, 6) is -5.35. The Kier molecular flexibility index (Phi) is 10.2. The van der Waals surface area contributed by atoms with Gasteiger partial charge in [-0.05, 0) is 20.3 Å². The number of carboxylic acid groups (broad SMARTS) is 1. The largest absolute Gasteiger partial charge is 0.480 e. The van der Waals surface area contributed by atoms with Crippen molar-refractivity contribution in [3.63, 3.8) is 0 Å². The first-order valence-electron chi connectivity index (χ1n) is 8.31. The first-order chi connectivity index (χ1) is 12.8. The van der Waals surface area contributed by atoms with Crippen LogP contribution in [0.15, 0.2) is 0 Å². The minimum Gasteiger partial charge on any atom is -0.480 e. The van der Waals surface area contributed by atoms with E-state index in [0.29, 0.717) is 0 Å². The molecular formula is C15H26N6O7. The molecule has 0 spiro atoms. The average molecular weight is 402 g/mol. The van der Waals surface area contributed by atoms with Crippen LogP contribution in [0.5, 0.6) is 0 Å². The van der Waals surface area contributed by atoms with Gasteiger partial charge in [-0.15, -0.1) is 0 Å². The van der Waals surface area contributed by atoms with Gasteiger partial charge in [-0.25, -0.2) is 0 Å². The monoisotopic (exact) mass is 402 g/mol. The van der Waals surface area contributed by atoms with Gasteiger partial charge < -0.3 is 38.3 Å². The van der Waals surface area contributed by atoms with Gasteiger partial charge in [0.1, 0.15) is 18.1 Å². The van der Waals surface area contributed by atoms with Gasteiger partial charge in [0, 0.05) is 6.42 Å². The molecule has 0 bridgehead atoms. The Morgan fingerprint density at radius 2 is 1.36 bits per heavy atom. The number of hydrogen-bond donors (Lipinski definition) is 7. The quantitative estimate of drug-likeness (QED) is 0.169. The number of carbonyl (C=O) groups excluding carboxylic acids is 5. The maximum atomic E-state index is 12.2. The van der Waals surface area contributed by atoms with E-state index in [1.54, 1.807) is 0 Å². The molecule has 0 aliphatic rings. The molecular weight excluding hydrogens is 376 g/mol. The Bertz CT molecular complexity index is 638. The number of nitrogens with one attached hydrogen (secondary N) is 3. The van der Waals surface area contributed by atoms with Crippen molar-refractivity contribution in [2.75, 3.05) is 0 Å². The molecule has 0 saturated carbocycles. The molecule has 10 N–H and O–H groups in total. The van der Waals surface area contributed by atoms with Crippen molar-refractivity contribution in [2.24, 2.45) is 17.2 Å². The number of nitrogens with two attached hydrogens (primary N) is 3. The van der Waals surface area contributed by atoms with Crippen LogP contribution >= 0.6 is 0 Å². The molecule has 0 aliphatic heterocycles. The van der Waals surface area contributed by atoms with Crippen LogP contribution in [-0.4, -0.2) is 64.8 Å². The Morgan fingerprint density at radius 3 is 1.82 bits per heavy atom. The molecule has 28 heavy (non-hydrogen) atoms.